The minimum Gasteiger partial charge on any atom is -0.373 e. The summed E-state index contributed by atoms with van der Waals surface area (Å²) in [5, 5.41) is 9.11. The van der Waals surface area contributed by atoms with Gasteiger partial charge in [0, 0.05) is 12.8 Å². The Balaban J connectivity index is 2.54. The zero-order valence-electron chi connectivity index (χ0n) is 5.99. The largest absolute Gasteiger partial charge is 0.373 e. The Morgan fingerprint density at radius 2 is 2.45 bits per heavy atom. The van der Waals surface area contributed by atoms with E-state index in [1.807, 2.05) is 0 Å². The van der Waals surface area contributed by atoms with Gasteiger partial charge in [-0.25, -0.2) is 0 Å². The van der Waals surface area contributed by atoms with E-state index in [9.17, 15) is 9.59 Å². The fourth-order valence-corrected chi connectivity index (χ4v) is 1.08. The molecule has 1 unspecified atom stereocenters. The van der Waals surface area contributed by atoms with E-state index in [0.717, 1.165) is 4.90 Å². The van der Waals surface area contributed by atoms with Crippen LogP contribution in [0.3, 0.4) is 0 Å². The van der Waals surface area contributed by atoms with Gasteiger partial charge in [-0.3, -0.25) is 9.59 Å². The summed E-state index contributed by atoms with van der Waals surface area (Å²) in [4.78, 5) is 22.3. The first-order chi connectivity index (χ1) is 5.11. The van der Waals surface area contributed by atoms with Crippen molar-refractivity contribution in [2.75, 3.05) is 6.54 Å². The molecule has 1 heterocycles. The van der Waals surface area contributed by atoms with Crippen LogP contribution < -0.4 is 5.73 Å². The Kier molecular flexibility index (Phi) is 2.09. The number of likely N-dealkylation sites (tertiary alicyclic amines) is 1. The number of primary amides is 1. The molecule has 0 aromatic rings. The second kappa shape index (κ2) is 2.87. The second-order valence-electron chi connectivity index (χ2n) is 2.51. The van der Waals surface area contributed by atoms with Crippen LogP contribution in [-0.2, 0) is 9.59 Å². The number of nitrogens with two attached hydrogens (primary N) is 1. The van der Waals surface area contributed by atoms with Crippen LogP contribution >= 0.6 is 0 Å². The highest BCUT2D eigenvalue weighted by Crippen LogP contribution is 2.14. The van der Waals surface area contributed by atoms with Crippen LogP contribution in [0, 0.1) is 0 Å². The summed E-state index contributed by atoms with van der Waals surface area (Å²) < 4.78 is 0. The molecule has 1 rings (SSSR count). The van der Waals surface area contributed by atoms with Gasteiger partial charge in [-0.2, -0.15) is 0 Å². The summed E-state index contributed by atoms with van der Waals surface area (Å²) >= 11 is 0. The van der Waals surface area contributed by atoms with Gasteiger partial charge >= 0.3 is 0 Å². The van der Waals surface area contributed by atoms with Crippen LogP contribution in [-0.4, -0.2) is 34.6 Å². The van der Waals surface area contributed by atoms with Crippen LogP contribution in [0.1, 0.15) is 12.8 Å². The number of aliphatic hydroxyl groups is 1. The fourth-order valence-electron chi connectivity index (χ4n) is 1.08. The van der Waals surface area contributed by atoms with Crippen molar-refractivity contribution in [1.82, 2.24) is 4.90 Å². The molecule has 0 aliphatic carbocycles. The molecule has 3 N–H and O–H groups in total. The molecule has 1 saturated heterocycles. The van der Waals surface area contributed by atoms with Gasteiger partial charge in [0.05, 0.1) is 0 Å². The zero-order valence-corrected chi connectivity index (χ0v) is 5.99. The number of rotatable bonds is 2. The van der Waals surface area contributed by atoms with E-state index in [1.54, 1.807) is 0 Å². The molecule has 0 bridgehead atoms. The summed E-state index contributed by atoms with van der Waals surface area (Å²) in [6.07, 6.45) is -0.129. The SMILES string of the molecule is NC(=O)CN1C(=O)CCC1O. The summed E-state index contributed by atoms with van der Waals surface area (Å²) in [6.45, 7) is -0.181. The van der Waals surface area contributed by atoms with Gasteiger partial charge in [-0.15, -0.1) is 0 Å². The lowest BCUT2D eigenvalue weighted by atomic mass is 10.4. The molecule has 0 radical (unpaired) electrons. The van der Waals surface area contributed by atoms with E-state index in [4.69, 9.17) is 10.8 Å². The van der Waals surface area contributed by atoms with Crippen LogP contribution in [0.5, 0.6) is 0 Å². The monoisotopic (exact) mass is 158 g/mol. The molecule has 0 aromatic carbocycles. The van der Waals surface area contributed by atoms with Crippen molar-refractivity contribution in [1.29, 1.82) is 0 Å². The van der Waals surface area contributed by atoms with E-state index in [1.165, 1.54) is 0 Å². The van der Waals surface area contributed by atoms with Gasteiger partial charge in [0.15, 0.2) is 0 Å². The van der Waals surface area contributed by atoms with Crippen molar-refractivity contribution >= 4 is 11.8 Å². The molecule has 1 aliphatic heterocycles. The van der Waals surface area contributed by atoms with Crippen molar-refractivity contribution in [3.8, 4) is 0 Å². The number of hydrogen-bond donors (Lipinski definition) is 2. The highest BCUT2D eigenvalue weighted by Gasteiger charge is 2.29. The number of amides is 2. The molecule has 0 saturated carbocycles. The maximum absolute atomic E-state index is 10.9. The van der Waals surface area contributed by atoms with Crippen molar-refractivity contribution in [2.24, 2.45) is 5.73 Å². The topological polar surface area (TPSA) is 83.6 Å². The molecule has 1 atom stereocenters. The number of hydrogen-bond acceptors (Lipinski definition) is 3. The smallest absolute Gasteiger partial charge is 0.237 e. The van der Waals surface area contributed by atoms with Crippen molar-refractivity contribution in [3.63, 3.8) is 0 Å². The van der Waals surface area contributed by atoms with Crippen molar-refractivity contribution < 1.29 is 14.7 Å². The molecule has 1 fully saturated rings. The van der Waals surface area contributed by atoms with Gasteiger partial charge in [0.1, 0.15) is 12.8 Å². The molecular weight excluding hydrogens is 148 g/mol. The van der Waals surface area contributed by atoms with Crippen molar-refractivity contribution in [2.45, 2.75) is 19.1 Å². The quantitative estimate of drug-likeness (QED) is 0.508. The first kappa shape index (κ1) is 8.00. The molecule has 62 valence electrons. The third kappa shape index (κ3) is 1.68. The average molecular weight is 158 g/mol. The number of aliphatic hydroxyl groups excluding tert-OH is 1. The second-order valence-corrected chi connectivity index (χ2v) is 2.51. The van der Waals surface area contributed by atoms with E-state index >= 15 is 0 Å². The highest BCUT2D eigenvalue weighted by molar-refractivity contribution is 5.85. The lowest BCUT2D eigenvalue weighted by Crippen LogP contribution is -2.39. The Hall–Kier alpha value is -1.10. The Morgan fingerprint density at radius 1 is 1.82 bits per heavy atom. The standard InChI is InChI=1S/C6H10N2O3/c7-4(9)3-8-5(10)1-2-6(8)11/h5,10H,1-3H2,(H2,7,9). The van der Waals surface area contributed by atoms with Crippen molar-refractivity contribution in [3.05, 3.63) is 0 Å². The van der Waals surface area contributed by atoms with Gasteiger partial charge < -0.3 is 15.7 Å². The third-order valence-electron chi connectivity index (χ3n) is 1.62. The van der Waals surface area contributed by atoms with Gasteiger partial charge in [-0.05, 0) is 0 Å². The first-order valence-corrected chi connectivity index (χ1v) is 3.37. The Morgan fingerprint density at radius 3 is 2.82 bits per heavy atom. The van der Waals surface area contributed by atoms with Crippen LogP contribution in [0.4, 0.5) is 0 Å². The normalized spacial score (nSPS) is 24.3. The summed E-state index contributed by atoms with van der Waals surface area (Å²) in [5.74, 6) is -0.810. The van der Waals surface area contributed by atoms with Gasteiger partial charge in [0.25, 0.3) is 0 Å². The van der Waals surface area contributed by atoms with E-state index in [-0.39, 0.29) is 12.5 Å². The van der Waals surface area contributed by atoms with Crippen LogP contribution in [0.15, 0.2) is 0 Å². The van der Waals surface area contributed by atoms with Gasteiger partial charge in [-0.1, -0.05) is 0 Å². The molecule has 2 amide bonds. The molecular formula is C6H10N2O3. The minimum atomic E-state index is -0.824. The molecule has 5 nitrogen and oxygen atoms in total. The maximum atomic E-state index is 10.9. The average Bonchev–Trinajstić information content (AvgIpc) is 2.18. The summed E-state index contributed by atoms with van der Waals surface area (Å²) in [5.41, 5.74) is 4.85. The van der Waals surface area contributed by atoms with Gasteiger partial charge in [0.2, 0.25) is 11.8 Å². The maximum Gasteiger partial charge on any atom is 0.237 e. The van der Waals surface area contributed by atoms with E-state index in [2.05, 4.69) is 0 Å². The predicted octanol–water partition coefficient (Wildman–Crippen LogP) is -1.59. The molecule has 0 aromatic heterocycles. The number of carbonyl (C=O) groups is 2. The number of nitrogens with zero attached hydrogens (tertiary/aromatic N) is 1. The van der Waals surface area contributed by atoms with E-state index in [0.29, 0.717) is 12.8 Å². The predicted molar refractivity (Wildman–Crippen MR) is 36.1 cm³/mol. The third-order valence-corrected chi connectivity index (χ3v) is 1.62. The van der Waals surface area contributed by atoms with E-state index < -0.39 is 12.1 Å². The molecule has 11 heavy (non-hydrogen) atoms. The lowest BCUT2D eigenvalue weighted by molar-refractivity contribution is -0.137. The first-order valence-electron chi connectivity index (χ1n) is 3.37. The number of carbonyl (C=O) groups excluding carboxylic acids is 2. The highest BCUT2D eigenvalue weighted by atomic mass is 16.3. The molecule has 0 spiro atoms. The molecule has 5 heteroatoms. The lowest BCUT2D eigenvalue weighted by Gasteiger charge is -2.17. The fraction of sp³-hybridized carbons (Fsp3) is 0.667. The van der Waals surface area contributed by atoms with Crippen LogP contribution in [0.25, 0.3) is 0 Å². The van der Waals surface area contributed by atoms with Crippen LogP contribution in [0.2, 0.25) is 0 Å². The zero-order chi connectivity index (χ0) is 8.43. The molecule has 1 aliphatic rings. The summed E-state index contributed by atoms with van der Waals surface area (Å²) in [6, 6.07) is 0. The Labute approximate surface area is 63.8 Å². The summed E-state index contributed by atoms with van der Waals surface area (Å²) in [7, 11) is 0. The minimum absolute atomic E-state index is 0.181. The Bertz CT molecular complexity index is 192.